The van der Waals surface area contributed by atoms with Crippen LogP contribution in [0.4, 0.5) is 0 Å². The van der Waals surface area contributed by atoms with E-state index in [4.69, 9.17) is 10.2 Å². The topological polar surface area (TPSA) is 118 Å². The lowest BCUT2D eigenvalue weighted by molar-refractivity contribution is 0.0690. The van der Waals surface area contributed by atoms with E-state index in [-0.39, 0.29) is 5.76 Å². The zero-order valence-electron chi connectivity index (χ0n) is 11.3. The van der Waals surface area contributed by atoms with Crippen LogP contribution in [-0.2, 0) is 0 Å². The number of benzene rings is 1. The molecule has 6 heteroatoms. The molecule has 1 aromatic carbocycles. The van der Waals surface area contributed by atoms with Gasteiger partial charge in [0.05, 0.1) is 0 Å². The first-order chi connectivity index (χ1) is 9.88. The molecule has 0 amide bonds. The number of hydrogen-bond acceptors (Lipinski definition) is 5. The second-order valence-electron chi connectivity index (χ2n) is 4.16. The molecule has 6 nitrogen and oxygen atoms in total. The summed E-state index contributed by atoms with van der Waals surface area (Å²) in [5.41, 5.74) is 0.408. The first-order valence-corrected chi connectivity index (χ1v) is 6.03. The van der Waals surface area contributed by atoms with Crippen molar-refractivity contribution in [3.63, 3.8) is 0 Å². The number of phenols is 2. The number of carbonyl (C=O) groups is 1. The molecule has 0 saturated heterocycles. The first kappa shape index (κ1) is 16.3. The van der Waals surface area contributed by atoms with Gasteiger partial charge < -0.3 is 25.5 Å². The zero-order chi connectivity index (χ0) is 16.0. The van der Waals surface area contributed by atoms with Crippen LogP contribution in [0.1, 0.15) is 22.8 Å². The summed E-state index contributed by atoms with van der Waals surface area (Å²) in [5, 5.41) is 45.9. The van der Waals surface area contributed by atoms with Crippen LogP contribution >= 0.6 is 0 Å². The number of hydrogen-bond donors (Lipinski definition) is 5. The van der Waals surface area contributed by atoms with Crippen LogP contribution in [0.3, 0.4) is 0 Å². The number of carboxylic acids is 1. The summed E-state index contributed by atoms with van der Waals surface area (Å²) >= 11 is 0. The largest absolute Gasteiger partial charge is 0.510 e. The van der Waals surface area contributed by atoms with Gasteiger partial charge in [0, 0.05) is 0 Å². The number of rotatable bonds is 5. The van der Waals surface area contributed by atoms with E-state index >= 15 is 0 Å². The third-order valence-electron chi connectivity index (χ3n) is 2.63. The summed E-state index contributed by atoms with van der Waals surface area (Å²) in [6.07, 6.45) is 6.11. The highest BCUT2D eigenvalue weighted by molar-refractivity contribution is 5.94. The number of aromatic hydroxyl groups is 2. The fraction of sp³-hybridized carbons (Fsp3) is 0.133. The standard InChI is InChI=1S/C15H16O6/c1-2-9(5-11(17)8-16)3-4-10-6-12(18)14(15(20)21)13(19)7-10/h2-7,16-19H,8H2,1H3,(H,20,21)/b4-3+,9-2-,11-5+. The fourth-order valence-electron chi connectivity index (χ4n) is 1.61. The Morgan fingerprint density at radius 1 is 1.19 bits per heavy atom. The number of aromatic carboxylic acids is 1. The molecule has 1 aromatic rings. The number of carboxylic acid groups (broad SMARTS) is 1. The third kappa shape index (κ3) is 4.39. The molecule has 0 bridgehead atoms. The van der Waals surface area contributed by atoms with E-state index in [1.807, 2.05) is 0 Å². The smallest absolute Gasteiger partial charge is 0.343 e. The molecule has 0 aliphatic rings. The van der Waals surface area contributed by atoms with E-state index in [0.717, 1.165) is 0 Å². The summed E-state index contributed by atoms with van der Waals surface area (Å²) in [6.45, 7) is 1.24. The van der Waals surface area contributed by atoms with Gasteiger partial charge in [0.25, 0.3) is 0 Å². The molecule has 1 rings (SSSR count). The molecular formula is C15H16O6. The monoisotopic (exact) mass is 292 g/mol. The van der Waals surface area contributed by atoms with Gasteiger partial charge in [-0.25, -0.2) is 4.79 Å². The van der Waals surface area contributed by atoms with Crippen molar-refractivity contribution in [1.29, 1.82) is 0 Å². The Kier molecular flexibility index (Phi) is 5.57. The van der Waals surface area contributed by atoms with Crippen molar-refractivity contribution in [2.45, 2.75) is 6.92 Å². The summed E-state index contributed by atoms with van der Waals surface area (Å²) in [7, 11) is 0. The Hall–Kier alpha value is -2.73. The van der Waals surface area contributed by atoms with Gasteiger partial charge in [-0.05, 0) is 36.3 Å². The molecule has 21 heavy (non-hydrogen) atoms. The normalized spacial score (nSPS) is 12.9. The molecule has 0 unspecified atom stereocenters. The van der Waals surface area contributed by atoms with Crippen LogP contribution in [0.15, 0.2) is 41.7 Å². The lowest BCUT2D eigenvalue weighted by Gasteiger charge is -2.04. The molecule has 0 heterocycles. The van der Waals surface area contributed by atoms with Crippen molar-refractivity contribution >= 4 is 12.0 Å². The predicted octanol–water partition coefficient (Wildman–Crippen LogP) is 2.19. The Bertz CT molecular complexity index is 602. The molecule has 5 N–H and O–H groups in total. The van der Waals surface area contributed by atoms with Gasteiger partial charge in [0.15, 0.2) is 0 Å². The van der Waals surface area contributed by atoms with E-state index in [0.29, 0.717) is 11.1 Å². The summed E-state index contributed by atoms with van der Waals surface area (Å²) in [6, 6.07) is 2.39. The lowest BCUT2D eigenvalue weighted by Crippen LogP contribution is -1.97. The minimum absolute atomic E-state index is 0.209. The number of aliphatic hydroxyl groups is 2. The SMILES string of the molecule is C/C=C(/C=C/c1cc(O)c(C(=O)O)c(O)c1)\C=C(\O)CO. The molecule has 0 fully saturated rings. The Morgan fingerprint density at radius 2 is 1.76 bits per heavy atom. The van der Waals surface area contributed by atoms with Crippen LogP contribution in [0, 0.1) is 0 Å². The molecule has 0 radical (unpaired) electrons. The fourth-order valence-corrected chi connectivity index (χ4v) is 1.61. The van der Waals surface area contributed by atoms with Crippen molar-refractivity contribution in [3.8, 4) is 11.5 Å². The highest BCUT2D eigenvalue weighted by Crippen LogP contribution is 2.29. The molecule has 0 spiro atoms. The quantitative estimate of drug-likeness (QED) is 0.419. The molecule has 0 saturated carbocycles. The van der Waals surface area contributed by atoms with Gasteiger partial charge in [0.2, 0.25) is 0 Å². The Labute approximate surface area is 121 Å². The number of aliphatic hydroxyl groups excluding tert-OH is 2. The maximum atomic E-state index is 10.8. The lowest BCUT2D eigenvalue weighted by atomic mass is 10.1. The molecule has 0 aromatic heterocycles. The first-order valence-electron chi connectivity index (χ1n) is 6.03. The Morgan fingerprint density at radius 3 is 2.19 bits per heavy atom. The van der Waals surface area contributed by atoms with Gasteiger partial charge in [-0.15, -0.1) is 0 Å². The van der Waals surface area contributed by atoms with Gasteiger partial charge in [0.1, 0.15) is 29.4 Å². The highest BCUT2D eigenvalue weighted by Gasteiger charge is 2.15. The van der Waals surface area contributed by atoms with Crippen LogP contribution in [-0.4, -0.2) is 38.1 Å². The molecule has 0 atom stereocenters. The average molecular weight is 292 g/mol. The predicted molar refractivity (Wildman–Crippen MR) is 77.3 cm³/mol. The van der Waals surface area contributed by atoms with E-state index in [9.17, 15) is 20.1 Å². The van der Waals surface area contributed by atoms with E-state index in [2.05, 4.69) is 0 Å². The minimum Gasteiger partial charge on any atom is -0.510 e. The van der Waals surface area contributed by atoms with Crippen molar-refractivity contribution in [1.82, 2.24) is 0 Å². The van der Waals surface area contributed by atoms with Crippen LogP contribution in [0.2, 0.25) is 0 Å². The van der Waals surface area contributed by atoms with Gasteiger partial charge in [-0.1, -0.05) is 18.2 Å². The van der Waals surface area contributed by atoms with Crippen molar-refractivity contribution < 1.29 is 30.3 Å². The van der Waals surface area contributed by atoms with E-state index < -0.39 is 29.6 Å². The highest BCUT2D eigenvalue weighted by atomic mass is 16.4. The molecule has 0 aliphatic heterocycles. The van der Waals surface area contributed by atoms with Crippen molar-refractivity contribution in [3.05, 3.63) is 52.8 Å². The summed E-state index contributed by atoms with van der Waals surface area (Å²) < 4.78 is 0. The van der Waals surface area contributed by atoms with E-state index in [1.165, 1.54) is 24.3 Å². The van der Waals surface area contributed by atoms with Crippen LogP contribution < -0.4 is 0 Å². The Balaban J connectivity index is 3.09. The third-order valence-corrected chi connectivity index (χ3v) is 2.63. The van der Waals surface area contributed by atoms with E-state index in [1.54, 1.807) is 19.1 Å². The van der Waals surface area contributed by atoms with Crippen LogP contribution in [0.25, 0.3) is 6.08 Å². The zero-order valence-corrected chi connectivity index (χ0v) is 11.3. The van der Waals surface area contributed by atoms with Gasteiger partial charge in [-0.2, -0.15) is 0 Å². The molecular weight excluding hydrogens is 276 g/mol. The second-order valence-corrected chi connectivity index (χ2v) is 4.16. The number of allylic oxidation sites excluding steroid dienone is 4. The van der Waals surface area contributed by atoms with Crippen LogP contribution in [0.5, 0.6) is 11.5 Å². The maximum Gasteiger partial charge on any atom is 0.343 e. The second kappa shape index (κ2) is 7.16. The molecule has 112 valence electrons. The summed E-state index contributed by atoms with van der Waals surface area (Å²) in [4.78, 5) is 10.8. The summed E-state index contributed by atoms with van der Waals surface area (Å²) in [5.74, 6) is -2.72. The molecule has 0 aliphatic carbocycles. The van der Waals surface area contributed by atoms with Gasteiger partial charge >= 0.3 is 5.97 Å². The van der Waals surface area contributed by atoms with Gasteiger partial charge in [-0.3, -0.25) is 0 Å². The van der Waals surface area contributed by atoms with Crippen molar-refractivity contribution in [2.24, 2.45) is 0 Å². The maximum absolute atomic E-state index is 10.8. The minimum atomic E-state index is -1.43. The average Bonchev–Trinajstić information content (AvgIpc) is 2.41. The van der Waals surface area contributed by atoms with Crippen molar-refractivity contribution in [2.75, 3.05) is 6.61 Å².